The number of hydrogen-bond acceptors (Lipinski definition) is 2. The maximum atomic E-state index is 5.48. The van der Waals surface area contributed by atoms with Crippen molar-refractivity contribution >= 4 is 5.96 Å². The molecule has 2 fully saturated rings. The summed E-state index contributed by atoms with van der Waals surface area (Å²) in [6.45, 7) is 5.99. The van der Waals surface area contributed by atoms with E-state index in [1.54, 1.807) is 0 Å². The standard InChI is InChI=1S/C19H29N3O/c1-15-6-4-5-7-17(15)19(9-10-19)14-21-18(20-2)22(3)12-16-8-11-23-13-16/h4-7,16H,8-14H2,1-3H3,(H,20,21). The molecule has 126 valence electrons. The molecule has 0 radical (unpaired) electrons. The highest BCUT2D eigenvalue weighted by Crippen LogP contribution is 2.48. The third-order valence-corrected chi connectivity index (χ3v) is 5.28. The first-order valence-corrected chi connectivity index (χ1v) is 8.70. The van der Waals surface area contributed by atoms with E-state index >= 15 is 0 Å². The Morgan fingerprint density at radius 3 is 2.78 bits per heavy atom. The van der Waals surface area contributed by atoms with Crippen molar-refractivity contribution in [3.8, 4) is 0 Å². The highest BCUT2D eigenvalue weighted by molar-refractivity contribution is 5.79. The van der Waals surface area contributed by atoms with Crippen LogP contribution in [0.3, 0.4) is 0 Å². The van der Waals surface area contributed by atoms with Gasteiger partial charge in [-0.15, -0.1) is 0 Å². The summed E-state index contributed by atoms with van der Waals surface area (Å²) in [5.41, 5.74) is 3.20. The number of hydrogen-bond donors (Lipinski definition) is 1. The second-order valence-corrected chi connectivity index (χ2v) is 7.11. The van der Waals surface area contributed by atoms with Crippen molar-refractivity contribution in [2.45, 2.75) is 31.6 Å². The highest BCUT2D eigenvalue weighted by atomic mass is 16.5. The van der Waals surface area contributed by atoms with Gasteiger partial charge in [-0.05, 0) is 37.3 Å². The first kappa shape index (κ1) is 16.3. The zero-order valence-corrected chi connectivity index (χ0v) is 14.6. The fourth-order valence-corrected chi connectivity index (χ4v) is 3.69. The molecule has 1 N–H and O–H groups in total. The molecule has 0 bridgehead atoms. The van der Waals surface area contributed by atoms with Crippen molar-refractivity contribution in [1.29, 1.82) is 0 Å². The molecule has 1 unspecified atom stereocenters. The van der Waals surface area contributed by atoms with E-state index in [1.165, 1.54) is 24.0 Å². The molecule has 1 saturated heterocycles. The molecule has 4 nitrogen and oxygen atoms in total. The van der Waals surface area contributed by atoms with Gasteiger partial charge in [0.05, 0.1) is 6.61 Å². The minimum absolute atomic E-state index is 0.304. The molecule has 1 saturated carbocycles. The quantitative estimate of drug-likeness (QED) is 0.670. The third-order valence-electron chi connectivity index (χ3n) is 5.28. The fourth-order valence-electron chi connectivity index (χ4n) is 3.69. The number of nitrogens with zero attached hydrogens (tertiary/aromatic N) is 2. The average molecular weight is 315 g/mol. The van der Waals surface area contributed by atoms with Crippen LogP contribution in [0.15, 0.2) is 29.3 Å². The van der Waals surface area contributed by atoms with Gasteiger partial charge in [-0.3, -0.25) is 4.99 Å². The lowest BCUT2D eigenvalue weighted by molar-refractivity contribution is 0.181. The van der Waals surface area contributed by atoms with E-state index in [0.717, 1.165) is 38.7 Å². The molecule has 2 aliphatic rings. The van der Waals surface area contributed by atoms with Crippen LogP contribution in [0.25, 0.3) is 0 Å². The first-order valence-electron chi connectivity index (χ1n) is 8.70. The molecule has 1 heterocycles. The van der Waals surface area contributed by atoms with Crippen LogP contribution in [0.1, 0.15) is 30.4 Å². The fraction of sp³-hybridized carbons (Fsp3) is 0.632. The molecule has 1 aromatic rings. The van der Waals surface area contributed by atoms with Crippen molar-refractivity contribution in [2.75, 3.05) is 40.4 Å². The predicted molar refractivity (Wildman–Crippen MR) is 95.0 cm³/mol. The van der Waals surface area contributed by atoms with Gasteiger partial charge in [-0.1, -0.05) is 24.3 Å². The van der Waals surface area contributed by atoms with Crippen LogP contribution in [0.5, 0.6) is 0 Å². The van der Waals surface area contributed by atoms with E-state index in [2.05, 4.69) is 53.4 Å². The van der Waals surface area contributed by atoms with E-state index in [0.29, 0.717) is 11.3 Å². The second-order valence-electron chi connectivity index (χ2n) is 7.11. The highest BCUT2D eigenvalue weighted by Gasteiger charge is 2.45. The summed E-state index contributed by atoms with van der Waals surface area (Å²) in [6, 6.07) is 8.78. The Hall–Kier alpha value is -1.55. The lowest BCUT2D eigenvalue weighted by Gasteiger charge is -2.27. The SMILES string of the molecule is CN=C(NCC1(c2ccccc2C)CC1)N(C)CC1CCOC1. The van der Waals surface area contributed by atoms with Gasteiger partial charge in [0.1, 0.15) is 0 Å². The second kappa shape index (κ2) is 6.91. The van der Waals surface area contributed by atoms with E-state index < -0.39 is 0 Å². The number of nitrogens with one attached hydrogen (secondary N) is 1. The molecular weight excluding hydrogens is 286 g/mol. The predicted octanol–water partition coefficient (Wildman–Crippen LogP) is 2.57. The maximum absolute atomic E-state index is 5.48. The lowest BCUT2D eigenvalue weighted by atomic mass is 9.92. The maximum Gasteiger partial charge on any atom is 0.193 e. The van der Waals surface area contributed by atoms with Gasteiger partial charge in [0.25, 0.3) is 0 Å². The van der Waals surface area contributed by atoms with E-state index in [4.69, 9.17) is 4.74 Å². The molecule has 1 aliphatic heterocycles. The topological polar surface area (TPSA) is 36.9 Å². The summed E-state index contributed by atoms with van der Waals surface area (Å²) in [7, 11) is 4.00. The average Bonchev–Trinajstić information content (AvgIpc) is 3.16. The first-order chi connectivity index (χ1) is 11.1. The van der Waals surface area contributed by atoms with Gasteiger partial charge in [-0.2, -0.15) is 0 Å². The molecular formula is C19H29N3O. The zero-order chi connectivity index (χ0) is 16.3. The Labute approximate surface area is 139 Å². The molecule has 0 aromatic heterocycles. The summed E-state index contributed by atoms with van der Waals surface area (Å²) in [6.07, 6.45) is 3.69. The Morgan fingerprint density at radius 1 is 1.39 bits per heavy atom. The van der Waals surface area contributed by atoms with Crippen molar-refractivity contribution in [2.24, 2.45) is 10.9 Å². The van der Waals surface area contributed by atoms with Crippen molar-refractivity contribution < 1.29 is 4.74 Å². The smallest absolute Gasteiger partial charge is 0.193 e. The van der Waals surface area contributed by atoms with Crippen LogP contribution < -0.4 is 5.32 Å². The molecule has 1 aromatic carbocycles. The van der Waals surface area contributed by atoms with Gasteiger partial charge >= 0.3 is 0 Å². The normalized spacial score (nSPS) is 22.9. The van der Waals surface area contributed by atoms with Crippen molar-refractivity contribution in [3.63, 3.8) is 0 Å². The van der Waals surface area contributed by atoms with Gasteiger partial charge < -0.3 is 15.0 Å². The summed E-state index contributed by atoms with van der Waals surface area (Å²) in [5.74, 6) is 1.63. The Balaban J connectivity index is 1.59. The van der Waals surface area contributed by atoms with Gasteiger partial charge in [0.2, 0.25) is 0 Å². The molecule has 3 rings (SSSR count). The molecule has 1 aliphatic carbocycles. The van der Waals surface area contributed by atoms with E-state index in [9.17, 15) is 0 Å². The number of guanidine groups is 1. The van der Waals surface area contributed by atoms with Crippen LogP contribution in [0, 0.1) is 12.8 Å². The largest absolute Gasteiger partial charge is 0.381 e. The number of benzene rings is 1. The van der Waals surface area contributed by atoms with Crippen LogP contribution in [-0.4, -0.2) is 51.3 Å². The van der Waals surface area contributed by atoms with Gasteiger partial charge in [0, 0.05) is 45.1 Å². The Kier molecular flexibility index (Phi) is 4.90. The number of ether oxygens (including phenoxy) is 1. The number of aliphatic imine (C=N–C) groups is 1. The molecule has 4 heteroatoms. The minimum atomic E-state index is 0.304. The lowest BCUT2D eigenvalue weighted by Crippen LogP contribution is -2.44. The molecule has 23 heavy (non-hydrogen) atoms. The van der Waals surface area contributed by atoms with Gasteiger partial charge in [0.15, 0.2) is 5.96 Å². The van der Waals surface area contributed by atoms with Crippen molar-refractivity contribution in [1.82, 2.24) is 10.2 Å². The summed E-state index contributed by atoms with van der Waals surface area (Å²) in [4.78, 5) is 6.71. The Bertz CT molecular complexity index is 559. The monoisotopic (exact) mass is 315 g/mol. The summed E-state index contributed by atoms with van der Waals surface area (Å²) in [5, 5.41) is 3.61. The summed E-state index contributed by atoms with van der Waals surface area (Å²) >= 11 is 0. The van der Waals surface area contributed by atoms with E-state index in [-0.39, 0.29) is 0 Å². The van der Waals surface area contributed by atoms with E-state index in [1.807, 2.05) is 7.05 Å². The van der Waals surface area contributed by atoms with Crippen molar-refractivity contribution in [3.05, 3.63) is 35.4 Å². The molecule has 0 spiro atoms. The molecule has 0 amide bonds. The van der Waals surface area contributed by atoms with Gasteiger partial charge in [-0.25, -0.2) is 0 Å². The van der Waals surface area contributed by atoms with Crippen LogP contribution >= 0.6 is 0 Å². The van der Waals surface area contributed by atoms with Crippen LogP contribution in [-0.2, 0) is 10.2 Å². The third kappa shape index (κ3) is 3.69. The van der Waals surface area contributed by atoms with Crippen LogP contribution in [0.4, 0.5) is 0 Å². The number of rotatable bonds is 5. The van der Waals surface area contributed by atoms with Crippen LogP contribution in [0.2, 0.25) is 0 Å². The minimum Gasteiger partial charge on any atom is -0.381 e. The molecule has 1 atom stereocenters. The Morgan fingerprint density at radius 2 is 2.17 bits per heavy atom. The summed E-state index contributed by atoms with van der Waals surface area (Å²) < 4.78 is 5.48. The number of aryl methyl sites for hydroxylation is 1. The zero-order valence-electron chi connectivity index (χ0n) is 14.6.